The molecule has 250 valence electrons. The van der Waals surface area contributed by atoms with Gasteiger partial charge in [0.2, 0.25) is 0 Å². The van der Waals surface area contributed by atoms with E-state index in [1.54, 1.807) is 44.2 Å². The van der Waals surface area contributed by atoms with E-state index in [1.807, 2.05) is 35.2 Å². The Kier molecular flexibility index (Phi) is 12.6. The Morgan fingerprint density at radius 3 is 2.11 bits per heavy atom. The highest BCUT2D eigenvalue weighted by Crippen LogP contribution is 2.30. The molecule has 4 aromatic rings. The van der Waals surface area contributed by atoms with E-state index in [0.29, 0.717) is 22.8 Å². The number of esters is 1. The third-order valence-corrected chi connectivity index (χ3v) is 9.63. The number of carbonyl (C=O) groups is 1. The number of nitrogen functional groups attached to an aromatic ring is 1. The second kappa shape index (κ2) is 16.0. The smallest absolute Gasteiger partial charge is 0.338 e. The highest BCUT2D eigenvalue weighted by Gasteiger charge is 2.27. The predicted octanol–water partition coefficient (Wildman–Crippen LogP) is 6.38. The van der Waals surface area contributed by atoms with Crippen LogP contribution >= 0.6 is 24.8 Å². The zero-order valence-electron chi connectivity index (χ0n) is 26.1. The first-order valence-electron chi connectivity index (χ1n) is 14.8. The monoisotopic (exact) mass is 699 g/mol. The molecule has 5 rings (SSSR count). The molecule has 1 heterocycles. The van der Waals surface area contributed by atoms with Crippen LogP contribution in [0.2, 0.25) is 0 Å². The van der Waals surface area contributed by atoms with Gasteiger partial charge < -0.3 is 20.1 Å². The molecule has 10 nitrogen and oxygen atoms in total. The van der Waals surface area contributed by atoms with Crippen LogP contribution in [-0.2, 0) is 21.3 Å². The normalized spacial score (nSPS) is 13.2. The number of nitrogens with two attached hydrogens (primary N) is 1. The molecule has 4 aromatic carbocycles. The van der Waals surface area contributed by atoms with Crippen LogP contribution < -0.4 is 14.8 Å². The van der Waals surface area contributed by atoms with Crippen molar-refractivity contribution in [2.75, 3.05) is 24.0 Å². The van der Waals surface area contributed by atoms with Crippen LogP contribution in [0.15, 0.2) is 89.8 Å². The van der Waals surface area contributed by atoms with Gasteiger partial charge in [-0.3, -0.25) is 15.1 Å². The quantitative estimate of drug-likeness (QED) is 0.0988. The number of amidine groups is 2. The van der Waals surface area contributed by atoms with Crippen molar-refractivity contribution in [3.05, 3.63) is 102 Å². The largest absolute Gasteiger partial charge is 0.490 e. The highest BCUT2D eigenvalue weighted by atomic mass is 35.5. The molecule has 0 radical (unpaired) electrons. The molecule has 13 heteroatoms. The third-order valence-electron chi connectivity index (χ3n) is 7.84. The molecule has 1 saturated heterocycles. The number of benzene rings is 4. The molecule has 1 fully saturated rings. The van der Waals surface area contributed by atoms with Crippen molar-refractivity contribution in [3.63, 3.8) is 0 Å². The molecule has 0 saturated carbocycles. The molecule has 4 N–H and O–H groups in total. The lowest BCUT2D eigenvalue weighted by Gasteiger charge is -2.33. The number of hydrogen-bond acceptors (Lipinski definition) is 7. The van der Waals surface area contributed by atoms with E-state index in [0.717, 1.165) is 42.3 Å². The summed E-state index contributed by atoms with van der Waals surface area (Å²) in [6, 6.07) is 23.9. The van der Waals surface area contributed by atoms with Crippen molar-refractivity contribution in [2.24, 2.45) is 5.73 Å². The van der Waals surface area contributed by atoms with Crippen molar-refractivity contribution in [3.8, 4) is 5.75 Å². The van der Waals surface area contributed by atoms with Gasteiger partial charge in [0.25, 0.3) is 10.0 Å². The summed E-state index contributed by atoms with van der Waals surface area (Å²) in [6.45, 7) is 5.27. The van der Waals surface area contributed by atoms with Crippen LogP contribution in [0, 0.1) is 10.8 Å². The van der Waals surface area contributed by atoms with Gasteiger partial charge in [-0.25, -0.2) is 13.2 Å². The van der Waals surface area contributed by atoms with Crippen LogP contribution in [-0.4, -0.2) is 56.8 Å². The summed E-state index contributed by atoms with van der Waals surface area (Å²) in [5.74, 6) is 0.631. The second-order valence-corrected chi connectivity index (χ2v) is 12.8. The van der Waals surface area contributed by atoms with Gasteiger partial charge in [0.15, 0.2) is 0 Å². The summed E-state index contributed by atoms with van der Waals surface area (Å²) in [4.78, 5) is 14.2. The number of hydrogen-bond donors (Lipinski definition) is 3. The number of ether oxygens (including phenoxy) is 2. The Bertz CT molecular complexity index is 1830. The molecule has 0 bridgehead atoms. The Morgan fingerprint density at radius 1 is 0.894 bits per heavy atom. The molecule has 0 atom stereocenters. The SMILES string of the molecule is CCOC(=O)c1ccc(S(=O)(=O)N(Cc2ccc3ccc(C(=N)N)cc3c2)c2ccc(OC3CCN(C(C)=N)CC3)cc2)cc1.Cl.Cl. The average molecular weight is 701 g/mol. The molecule has 0 amide bonds. The van der Waals surface area contributed by atoms with Gasteiger partial charge in [-0.1, -0.05) is 24.3 Å². The standard InChI is InChI=1S/C34H37N5O5S.2ClH/c1-3-43-34(40)26-8-14-32(15-9-26)45(41,42)39(22-24-4-5-25-6-7-27(33(36)37)21-28(25)20-24)29-10-12-30(13-11-29)44-31-16-18-38(19-17-31)23(2)35;;/h4-15,20-21,31,35H,3,16-19,22H2,1-2H3,(H3,36,37);2*1H. The molecule has 1 aliphatic rings. The van der Waals surface area contributed by atoms with E-state index < -0.39 is 16.0 Å². The highest BCUT2D eigenvalue weighted by molar-refractivity contribution is 7.92. The third kappa shape index (κ3) is 8.73. The predicted molar refractivity (Wildman–Crippen MR) is 190 cm³/mol. The molecular weight excluding hydrogens is 661 g/mol. The number of anilines is 1. The maximum Gasteiger partial charge on any atom is 0.338 e. The van der Waals surface area contributed by atoms with Gasteiger partial charge in [0.05, 0.1) is 35.1 Å². The van der Waals surface area contributed by atoms with E-state index in [9.17, 15) is 13.2 Å². The molecule has 1 aliphatic heterocycles. The fraction of sp³-hybridized carbons (Fsp3) is 0.265. The lowest BCUT2D eigenvalue weighted by molar-refractivity contribution is 0.0526. The molecule has 0 aromatic heterocycles. The zero-order chi connectivity index (χ0) is 32.1. The molecule has 47 heavy (non-hydrogen) atoms. The summed E-state index contributed by atoms with van der Waals surface area (Å²) in [7, 11) is -4.08. The van der Waals surface area contributed by atoms with Crippen LogP contribution in [0.3, 0.4) is 0 Å². The van der Waals surface area contributed by atoms with E-state index >= 15 is 0 Å². The fourth-order valence-corrected chi connectivity index (χ4v) is 6.79. The molecule has 0 unspecified atom stereocenters. The van der Waals surface area contributed by atoms with E-state index in [2.05, 4.69) is 0 Å². The topological polar surface area (TPSA) is 150 Å². The average Bonchev–Trinajstić information content (AvgIpc) is 3.04. The molecule has 0 aliphatic carbocycles. The van der Waals surface area contributed by atoms with Gasteiger partial charge in [-0.15, -0.1) is 24.8 Å². The van der Waals surface area contributed by atoms with E-state index in [-0.39, 0.29) is 60.4 Å². The summed E-state index contributed by atoms with van der Waals surface area (Å²) in [5, 5.41) is 17.4. The zero-order valence-corrected chi connectivity index (χ0v) is 28.6. The molecular formula is C34H39Cl2N5O5S. The lowest BCUT2D eigenvalue weighted by atomic mass is 10.0. The van der Waals surface area contributed by atoms with Crippen LogP contribution in [0.5, 0.6) is 5.75 Å². The van der Waals surface area contributed by atoms with E-state index in [1.165, 1.54) is 28.6 Å². The molecule has 0 spiro atoms. The van der Waals surface area contributed by atoms with Crippen molar-refractivity contribution in [2.45, 2.75) is 44.2 Å². The lowest BCUT2D eigenvalue weighted by Crippen LogP contribution is -2.40. The Morgan fingerprint density at radius 2 is 1.51 bits per heavy atom. The minimum Gasteiger partial charge on any atom is -0.490 e. The number of sulfonamides is 1. The second-order valence-electron chi connectivity index (χ2n) is 11.0. The number of halogens is 2. The van der Waals surface area contributed by atoms with Gasteiger partial charge in [0, 0.05) is 31.5 Å². The van der Waals surface area contributed by atoms with Gasteiger partial charge >= 0.3 is 5.97 Å². The number of fused-ring (bicyclic) bond motifs is 1. The van der Waals surface area contributed by atoms with Crippen molar-refractivity contribution in [1.29, 1.82) is 10.8 Å². The Labute approximate surface area is 287 Å². The number of piperidine rings is 1. The number of carbonyl (C=O) groups excluding carboxylic acids is 1. The Hall–Kier alpha value is -4.32. The van der Waals surface area contributed by atoms with Crippen LogP contribution in [0.1, 0.15) is 48.2 Å². The van der Waals surface area contributed by atoms with Crippen LogP contribution in [0.25, 0.3) is 10.8 Å². The van der Waals surface area contributed by atoms with Crippen molar-refractivity contribution in [1.82, 2.24) is 4.90 Å². The van der Waals surface area contributed by atoms with E-state index in [4.69, 9.17) is 26.0 Å². The summed E-state index contributed by atoms with van der Waals surface area (Å²) in [6.07, 6.45) is 1.61. The first kappa shape index (κ1) is 37.1. The van der Waals surface area contributed by atoms with Crippen molar-refractivity contribution < 1.29 is 22.7 Å². The first-order valence-corrected chi connectivity index (χ1v) is 16.2. The fourth-order valence-electron chi connectivity index (χ4n) is 5.34. The Balaban J connectivity index is 0.00000300. The minimum absolute atomic E-state index is 0. The minimum atomic E-state index is -4.08. The number of rotatable bonds is 10. The van der Waals surface area contributed by atoms with Crippen molar-refractivity contribution >= 4 is 68.9 Å². The summed E-state index contributed by atoms with van der Waals surface area (Å²) < 4.78 is 40.9. The van der Waals surface area contributed by atoms with Crippen LogP contribution in [0.4, 0.5) is 5.69 Å². The van der Waals surface area contributed by atoms with Gasteiger partial charge in [-0.05, 0) is 90.8 Å². The summed E-state index contributed by atoms with van der Waals surface area (Å²) in [5.41, 5.74) is 7.74. The number of likely N-dealkylation sites (tertiary alicyclic amines) is 1. The number of nitrogens with one attached hydrogen (secondary N) is 2. The first-order chi connectivity index (χ1) is 21.5. The maximum absolute atomic E-state index is 14.2. The van der Waals surface area contributed by atoms with Gasteiger partial charge in [0.1, 0.15) is 17.7 Å². The summed E-state index contributed by atoms with van der Waals surface area (Å²) >= 11 is 0. The van der Waals surface area contributed by atoms with Gasteiger partial charge in [-0.2, -0.15) is 0 Å². The maximum atomic E-state index is 14.2. The number of nitrogens with zero attached hydrogens (tertiary/aromatic N) is 2.